The van der Waals surface area contributed by atoms with E-state index in [-0.39, 0.29) is 11.8 Å². The molecular weight excluding hydrogens is 324 g/mol. The van der Waals surface area contributed by atoms with Gasteiger partial charge in [-0.3, -0.25) is 9.59 Å². The zero-order valence-electron chi connectivity index (χ0n) is 15.8. The van der Waals surface area contributed by atoms with Crippen LogP contribution in [0.1, 0.15) is 46.8 Å². The van der Waals surface area contributed by atoms with Crippen molar-refractivity contribution in [3.05, 3.63) is 64.7 Å². The zero-order chi connectivity index (χ0) is 18.7. The molecule has 0 bridgehead atoms. The van der Waals surface area contributed by atoms with Gasteiger partial charge >= 0.3 is 0 Å². The molecule has 0 spiro atoms. The topological polar surface area (TPSA) is 40.6 Å². The van der Waals surface area contributed by atoms with Gasteiger partial charge in [0.1, 0.15) is 0 Å². The fourth-order valence-corrected chi connectivity index (χ4v) is 3.60. The lowest BCUT2D eigenvalue weighted by Crippen LogP contribution is -2.31. The Labute approximate surface area is 155 Å². The molecule has 1 aliphatic rings. The minimum Gasteiger partial charge on any atom is -0.338 e. The highest BCUT2D eigenvalue weighted by Gasteiger charge is 2.21. The maximum Gasteiger partial charge on any atom is 0.258 e. The summed E-state index contributed by atoms with van der Waals surface area (Å²) in [5, 5.41) is 0. The summed E-state index contributed by atoms with van der Waals surface area (Å²) in [6.07, 6.45) is 1.56. The molecule has 2 aromatic carbocycles. The number of anilines is 1. The van der Waals surface area contributed by atoms with Gasteiger partial charge < -0.3 is 9.80 Å². The van der Waals surface area contributed by atoms with Crippen molar-refractivity contribution in [2.75, 3.05) is 18.0 Å². The third-order valence-corrected chi connectivity index (χ3v) is 4.80. The number of hydrogen-bond donors (Lipinski definition) is 0. The van der Waals surface area contributed by atoms with Crippen molar-refractivity contribution in [3.8, 4) is 0 Å². The first-order chi connectivity index (χ1) is 12.5. The highest BCUT2D eigenvalue weighted by Crippen LogP contribution is 2.22. The quantitative estimate of drug-likeness (QED) is 0.815. The fraction of sp³-hybridized carbons (Fsp3) is 0.364. The van der Waals surface area contributed by atoms with Crippen molar-refractivity contribution < 1.29 is 9.59 Å². The van der Waals surface area contributed by atoms with E-state index in [0.717, 1.165) is 35.3 Å². The summed E-state index contributed by atoms with van der Waals surface area (Å²) in [7, 11) is 0. The summed E-state index contributed by atoms with van der Waals surface area (Å²) >= 11 is 0. The molecule has 0 unspecified atom stereocenters. The predicted octanol–water partition coefficient (Wildman–Crippen LogP) is 4.09. The minimum atomic E-state index is -0.00732. The van der Waals surface area contributed by atoms with Gasteiger partial charge in [-0.25, -0.2) is 0 Å². The Morgan fingerprint density at radius 1 is 1.12 bits per heavy atom. The molecule has 4 nitrogen and oxygen atoms in total. The van der Waals surface area contributed by atoms with Gasteiger partial charge in [-0.05, 0) is 68.1 Å². The maximum absolute atomic E-state index is 13.1. The first-order valence-corrected chi connectivity index (χ1v) is 9.25. The Balaban J connectivity index is 1.83. The largest absolute Gasteiger partial charge is 0.338 e. The Morgan fingerprint density at radius 3 is 2.46 bits per heavy atom. The van der Waals surface area contributed by atoms with Crippen molar-refractivity contribution in [2.45, 2.75) is 40.2 Å². The van der Waals surface area contributed by atoms with Crippen LogP contribution in [0.15, 0.2) is 42.5 Å². The molecule has 0 aromatic heterocycles. The van der Waals surface area contributed by atoms with Gasteiger partial charge in [-0.15, -0.1) is 0 Å². The van der Waals surface area contributed by atoms with E-state index in [1.807, 2.05) is 62.1 Å². The lowest BCUT2D eigenvalue weighted by atomic mass is 10.1. The maximum atomic E-state index is 13.1. The van der Waals surface area contributed by atoms with Crippen LogP contribution < -0.4 is 4.90 Å². The molecule has 2 aromatic rings. The van der Waals surface area contributed by atoms with Gasteiger partial charge in [-0.1, -0.05) is 18.2 Å². The Hall–Kier alpha value is -2.62. The molecule has 1 aliphatic heterocycles. The minimum absolute atomic E-state index is 0.00732. The van der Waals surface area contributed by atoms with Crippen molar-refractivity contribution in [1.82, 2.24) is 4.90 Å². The molecule has 1 saturated heterocycles. The first kappa shape index (κ1) is 18.2. The third kappa shape index (κ3) is 3.96. The fourth-order valence-electron chi connectivity index (χ4n) is 3.60. The van der Waals surface area contributed by atoms with Crippen LogP contribution in [0.3, 0.4) is 0 Å². The average Bonchev–Trinajstić information content (AvgIpc) is 3.00. The molecule has 26 heavy (non-hydrogen) atoms. The molecule has 1 fully saturated rings. The molecule has 4 heteroatoms. The van der Waals surface area contributed by atoms with Crippen molar-refractivity contribution in [3.63, 3.8) is 0 Å². The first-order valence-electron chi connectivity index (χ1n) is 9.25. The van der Waals surface area contributed by atoms with Crippen molar-refractivity contribution >= 4 is 17.5 Å². The van der Waals surface area contributed by atoms with E-state index in [1.165, 1.54) is 0 Å². The Kier molecular flexibility index (Phi) is 5.40. The average molecular weight is 350 g/mol. The number of carbonyl (C=O) groups excluding carboxylic acids is 2. The molecule has 136 valence electrons. The molecule has 0 radical (unpaired) electrons. The van der Waals surface area contributed by atoms with E-state index < -0.39 is 0 Å². The number of likely N-dealkylation sites (tertiary alicyclic amines) is 1. The summed E-state index contributed by atoms with van der Waals surface area (Å²) in [6.45, 7) is 8.07. The molecule has 0 aliphatic carbocycles. The number of carbonyl (C=O) groups is 2. The zero-order valence-corrected chi connectivity index (χ0v) is 15.8. The van der Waals surface area contributed by atoms with E-state index in [4.69, 9.17) is 0 Å². The van der Waals surface area contributed by atoms with Crippen LogP contribution in [0.2, 0.25) is 0 Å². The lowest BCUT2D eigenvalue weighted by molar-refractivity contribution is -0.128. The molecule has 0 saturated carbocycles. The third-order valence-electron chi connectivity index (χ3n) is 4.80. The molecule has 2 amide bonds. The normalized spacial score (nSPS) is 14.0. The highest BCUT2D eigenvalue weighted by molar-refractivity contribution is 6.06. The SMILES string of the molecule is CCN(C(=O)c1cccc(CN2CCCC2=O)c1)c1cc(C)cc(C)c1. The molecular formula is C22H26N2O2. The summed E-state index contributed by atoms with van der Waals surface area (Å²) in [6, 6.07) is 13.8. The Morgan fingerprint density at radius 2 is 1.85 bits per heavy atom. The van der Waals surface area contributed by atoms with Crippen molar-refractivity contribution in [2.24, 2.45) is 0 Å². The summed E-state index contributed by atoms with van der Waals surface area (Å²) in [5.41, 5.74) is 4.88. The number of benzene rings is 2. The van der Waals surface area contributed by atoms with E-state index in [1.54, 1.807) is 4.90 Å². The van der Waals surface area contributed by atoms with Crippen LogP contribution in [0, 0.1) is 13.8 Å². The van der Waals surface area contributed by atoms with E-state index >= 15 is 0 Å². The van der Waals surface area contributed by atoms with E-state index in [9.17, 15) is 9.59 Å². The molecule has 1 heterocycles. The van der Waals surface area contributed by atoms with Crippen molar-refractivity contribution in [1.29, 1.82) is 0 Å². The van der Waals surface area contributed by atoms with Crippen LogP contribution >= 0.6 is 0 Å². The summed E-state index contributed by atoms with van der Waals surface area (Å²) < 4.78 is 0. The molecule has 0 N–H and O–H groups in total. The van der Waals surface area contributed by atoms with Crippen LogP contribution in [0.25, 0.3) is 0 Å². The van der Waals surface area contributed by atoms with Crippen LogP contribution in [-0.2, 0) is 11.3 Å². The van der Waals surface area contributed by atoms with E-state index in [0.29, 0.717) is 25.1 Å². The van der Waals surface area contributed by atoms with Gasteiger partial charge in [-0.2, -0.15) is 0 Å². The lowest BCUT2D eigenvalue weighted by Gasteiger charge is -2.23. The number of nitrogens with zero attached hydrogens (tertiary/aromatic N) is 2. The smallest absolute Gasteiger partial charge is 0.258 e. The second-order valence-electron chi connectivity index (χ2n) is 7.01. The van der Waals surface area contributed by atoms with Crippen LogP contribution in [0.4, 0.5) is 5.69 Å². The Bertz CT molecular complexity index is 808. The van der Waals surface area contributed by atoms with E-state index in [2.05, 4.69) is 6.07 Å². The molecule has 0 atom stereocenters. The number of aryl methyl sites for hydroxylation is 2. The van der Waals surface area contributed by atoms with Crippen LogP contribution in [-0.4, -0.2) is 29.8 Å². The predicted molar refractivity (Wildman–Crippen MR) is 104 cm³/mol. The monoisotopic (exact) mass is 350 g/mol. The summed E-state index contributed by atoms with van der Waals surface area (Å²) in [4.78, 5) is 28.6. The number of hydrogen-bond acceptors (Lipinski definition) is 2. The molecule has 3 rings (SSSR count). The van der Waals surface area contributed by atoms with Gasteiger partial charge in [0.25, 0.3) is 5.91 Å². The van der Waals surface area contributed by atoms with Gasteiger partial charge in [0.15, 0.2) is 0 Å². The summed E-state index contributed by atoms with van der Waals surface area (Å²) in [5.74, 6) is 0.194. The number of rotatable bonds is 5. The standard InChI is InChI=1S/C22H26N2O2/c1-4-24(20-12-16(2)11-17(3)13-20)22(26)19-8-5-7-18(14-19)15-23-10-6-9-21(23)25/h5,7-8,11-14H,4,6,9-10,15H2,1-3H3. The highest BCUT2D eigenvalue weighted by atomic mass is 16.2. The second kappa shape index (κ2) is 7.73. The van der Waals surface area contributed by atoms with Gasteiger partial charge in [0, 0.05) is 37.3 Å². The van der Waals surface area contributed by atoms with Crippen LogP contribution in [0.5, 0.6) is 0 Å². The van der Waals surface area contributed by atoms with Gasteiger partial charge in [0.05, 0.1) is 0 Å². The number of amides is 2. The second-order valence-corrected chi connectivity index (χ2v) is 7.01. The van der Waals surface area contributed by atoms with Gasteiger partial charge in [0.2, 0.25) is 5.91 Å².